The van der Waals surface area contributed by atoms with E-state index in [1.165, 1.54) is 31.4 Å². The van der Waals surface area contributed by atoms with Crippen molar-refractivity contribution in [1.29, 1.82) is 0 Å². The van der Waals surface area contributed by atoms with Crippen molar-refractivity contribution in [2.24, 2.45) is 5.92 Å². The number of hydrogen-bond donors (Lipinski definition) is 1. The number of carbonyl (C=O) groups is 1. The van der Waals surface area contributed by atoms with E-state index in [4.69, 9.17) is 0 Å². The Kier molecular flexibility index (Phi) is 4.43. The molecule has 4 heteroatoms. The molecular formula is C12H15FO3. The Bertz CT molecular complexity index is 348. The number of rotatable bonds is 4. The Morgan fingerprint density at radius 2 is 2.00 bits per heavy atom. The van der Waals surface area contributed by atoms with Crippen molar-refractivity contribution in [3.05, 3.63) is 35.6 Å². The largest absolute Gasteiger partial charge is 0.469 e. The monoisotopic (exact) mass is 226 g/mol. The van der Waals surface area contributed by atoms with Crippen LogP contribution in [-0.4, -0.2) is 18.2 Å². The third kappa shape index (κ3) is 3.31. The van der Waals surface area contributed by atoms with Crippen LogP contribution in [0.2, 0.25) is 0 Å². The van der Waals surface area contributed by atoms with E-state index in [9.17, 15) is 14.3 Å². The topological polar surface area (TPSA) is 46.5 Å². The predicted molar refractivity (Wildman–Crippen MR) is 57.2 cm³/mol. The minimum atomic E-state index is -0.792. The Morgan fingerprint density at radius 3 is 2.50 bits per heavy atom. The molecule has 2 atom stereocenters. The predicted octanol–water partition coefficient (Wildman–Crippen LogP) is 2.06. The Labute approximate surface area is 93.9 Å². The molecule has 0 saturated carbocycles. The van der Waals surface area contributed by atoms with Crippen LogP contribution in [0.5, 0.6) is 0 Å². The fourth-order valence-corrected chi connectivity index (χ4v) is 1.45. The maximum atomic E-state index is 12.7. The number of hydrogen-bond acceptors (Lipinski definition) is 3. The highest BCUT2D eigenvalue weighted by molar-refractivity contribution is 5.69. The highest BCUT2D eigenvalue weighted by atomic mass is 19.1. The second-order valence-corrected chi connectivity index (χ2v) is 3.75. The van der Waals surface area contributed by atoms with E-state index in [-0.39, 0.29) is 24.1 Å². The molecule has 0 heterocycles. The fraction of sp³-hybridized carbons (Fsp3) is 0.417. The summed E-state index contributed by atoms with van der Waals surface area (Å²) in [7, 11) is 1.30. The lowest BCUT2D eigenvalue weighted by Gasteiger charge is -2.17. The molecule has 0 radical (unpaired) electrons. The maximum absolute atomic E-state index is 12.7. The number of esters is 1. The second-order valence-electron chi connectivity index (χ2n) is 3.75. The van der Waals surface area contributed by atoms with Gasteiger partial charge in [0.05, 0.1) is 19.6 Å². The van der Waals surface area contributed by atoms with Crippen LogP contribution < -0.4 is 0 Å². The van der Waals surface area contributed by atoms with Gasteiger partial charge in [0.25, 0.3) is 0 Å². The van der Waals surface area contributed by atoms with Gasteiger partial charge in [-0.2, -0.15) is 0 Å². The van der Waals surface area contributed by atoms with Gasteiger partial charge in [0, 0.05) is 0 Å². The van der Waals surface area contributed by atoms with Gasteiger partial charge in [0.15, 0.2) is 0 Å². The molecule has 2 unspecified atom stereocenters. The van der Waals surface area contributed by atoms with Crippen LogP contribution in [0.3, 0.4) is 0 Å². The molecule has 0 amide bonds. The second kappa shape index (κ2) is 5.61. The van der Waals surface area contributed by atoms with E-state index in [0.29, 0.717) is 5.56 Å². The summed E-state index contributed by atoms with van der Waals surface area (Å²) in [6.07, 6.45) is -0.658. The van der Waals surface area contributed by atoms with Crippen molar-refractivity contribution in [2.45, 2.75) is 19.4 Å². The Balaban J connectivity index is 2.66. The quantitative estimate of drug-likeness (QED) is 0.799. The molecule has 0 aliphatic heterocycles. The molecule has 0 fully saturated rings. The van der Waals surface area contributed by atoms with Gasteiger partial charge in [-0.25, -0.2) is 4.39 Å². The lowest BCUT2D eigenvalue weighted by Crippen LogP contribution is -2.14. The third-order valence-electron chi connectivity index (χ3n) is 2.47. The number of ether oxygens (including phenoxy) is 1. The van der Waals surface area contributed by atoms with E-state index in [2.05, 4.69) is 4.74 Å². The van der Waals surface area contributed by atoms with Gasteiger partial charge in [-0.15, -0.1) is 0 Å². The molecule has 16 heavy (non-hydrogen) atoms. The van der Waals surface area contributed by atoms with Crippen molar-refractivity contribution < 1.29 is 19.0 Å². The molecule has 0 aliphatic rings. The zero-order valence-electron chi connectivity index (χ0n) is 9.31. The van der Waals surface area contributed by atoms with E-state index in [0.717, 1.165) is 0 Å². The number of methoxy groups -OCH3 is 1. The molecule has 1 N–H and O–H groups in total. The molecular weight excluding hydrogens is 211 g/mol. The molecule has 0 aromatic heterocycles. The van der Waals surface area contributed by atoms with Gasteiger partial charge in [-0.1, -0.05) is 19.1 Å². The minimum absolute atomic E-state index is 0.134. The van der Waals surface area contributed by atoms with Crippen LogP contribution in [0.15, 0.2) is 24.3 Å². The van der Waals surface area contributed by atoms with E-state index >= 15 is 0 Å². The molecule has 1 aromatic carbocycles. The first-order chi connectivity index (χ1) is 7.54. The van der Waals surface area contributed by atoms with Crippen molar-refractivity contribution in [2.75, 3.05) is 7.11 Å². The van der Waals surface area contributed by atoms with Crippen molar-refractivity contribution in [3.8, 4) is 0 Å². The van der Waals surface area contributed by atoms with E-state index in [1.54, 1.807) is 6.92 Å². The van der Waals surface area contributed by atoms with Gasteiger partial charge >= 0.3 is 5.97 Å². The van der Waals surface area contributed by atoms with Crippen LogP contribution in [0.25, 0.3) is 0 Å². The number of aliphatic hydroxyl groups excluding tert-OH is 1. The van der Waals surface area contributed by atoms with Gasteiger partial charge < -0.3 is 9.84 Å². The average Bonchev–Trinajstić information content (AvgIpc) is 2.28. The summed E-state index contributed by atoms with van der Waals surface area (Å²) in [5.74, 6) is -0.983. The molecule has 1 rings (SSSR count). The number of aliphatic hydroxyl groups is 1. The summed E-state index contributed by atoms with van der Waals surface area (Å²) in [6, 6.07) is 5.58. The van der Waals surface area contributed by atoms with Gasteiger partial charge in [0.2, 0.25) is 0 Å². The summed E-state index contributed by atoms with van der Waals surface area (Å²) in [5.41, 5.74) is 0.595. The maximum Gasteiger partial charge on any atom is 0.305 e. The van der Waals surface area contributed by atoms with Gasteiger partial charge in [-0.05, 0) is 23.6 Å². The number of carbonyl (C=O) groups excluding carboxylic acids is 1. The lowest BCUT2D eigenvalue weighted by atomic mass is 9.95. The smallest absolute Gasteiger partial charge is 0.305 e. The molecule has 0 saturated heterocycles. The fourth-order valence-electron chi connectivity index (χ4n) is 1.45. The van der Waals surface area contributed by atoms with Crippen LogP contribution in [0, 0.1) is 11.7 Å². The van der Waals surface area contributed by atoms with Crippen LogP contribution in [0.4, 0.5) is 4.39 Å². The van der Waals surface area contributed by atoms with Gasteiger partial charge in [0.1, 0.15) is 5.82 Å². The Morgan fingerprint density at radius 1 is 1.44 bits per heavy atom. The van der Waals surface area contributed by atoms with E-state index < -0.39 is 6.10 Å². The first-order valence-corrected chi connectivity index (χ1v) is 5.05. The number of benzene rings is 1. The molecule has 1 aromatic rings. The summed E-state index contributed by atoms with van der Waals surface area (Å²) >= 11 is 0. The average molecular weight is 226 g/mol. The standard InChI is InChI=1S/C12H15FO3/c1-8(7-11(14)16-2)12(15)9-3-5-10(13)6-4-9/h3-6,8,12,15H,7H2,1-2H3. The van der Waals surface area contributed by atoms with Gasteiger partial charge in [-0.3, -0.25) is 4.79 Å². The normalized spacial score (nSPS) is 14.2. The molecule has 0 aliphatic carbocycles. The highest BCUT2D eigenvalue weighted by Gasteiger charge is 2.19. The third-order valence-corrected chi connectivity index (χ3v) is 2.47. The van der Waals surface area contributed by atoms with Crippen LogP contribution in [0.1, 0.15) is 25.0 Å². The van der Waals surface area contributed by atoms with Crippen molar-refractivity contribution in [1.82, 2.24) is 0 Å². The zero-order valence-corrected chi connectivity index (χ0v) is 9.31. The SMILES string of the molecule is COC(=O)CC(C)C(O)c1ccc(F)cc1. The minimum Gasteiger partial charge on any atom is -0.469 e. The van der Waals surface area contributed by atoms with Crippen molar-refractivity contribution in [3.63, 3.8) is 0 Å². The first-order valence-electron chi connectivity index (χ1n) is 5.05. The summed E-state index contributed by atoms with van der Waals surface area (Å²) in [5, 5.41) is 9.89. The molecule has 3 nitrogen and oxygen atoms in total. The first kappa shape index (κ1) is 12.6. The molecule has 88 valence electrons. The summed E-state index contributed by atoms with van der Waals surface area (Å²) in [6.45, 7) is 1.74. The van der Waals surface area contributed by atoms with Crippen molar-refractivity contribution >= 4 is 5.97 Å². The summed E-state index contributed by atoms with van der Waals surface area (Å²) in [4.78, 5) is 11.0. The van der Waals surface area contributed by atoms with Crippen LogP contribution >= 0.6 is 0 Å². The van der Waals surface area contributed by atoms with E-state index in [1.807, 2.05) is 0 Å². The zero-order chi connectivity index (χ0) is 12.1. The molecule has 0 spiro atoms. The lowest BCUT2D eigenvalue weighted by molar-refractivity contribution is -0.142. The Hall–Kier alpha value is -1.42. The molecule has 0 bridgehead atoms. The highest BCUT2D eigenvalue weighted by Crippen LogP contribution is 2.24. The van der Waals surface area contributed by atoms with Crippen LogP contribution in [-0.2, 0) is 9.53 Å². The summed E-state index contributed by atoms with van der Waals surface area (Å²) < 4.78 is 17.2. The number of halogens is 1.